The summed E-state index contributed by atoms with van der Waals surface area (Å²) in [5, 5.41) is 2.78. The fourth-order valence-corrected chi connectivity index (χ4v) is 2.73. The van der Waals surface area contributed by atoms with Crippen molar-refractivity contribution in [3.8, 4) is 11.5 Å². The smallest absolute Gasteiger partial charge is 0.342 e. The van der Waals surface area contributed by atoms with Gasteiger partial charge in [-0.05, 0) is 43.2 Å². The van der Waals surface area contributed by atoms with E-state index in [1.807, 2.05) is 32.0 Å². The number of nitrogens with zero attached hydrogens (tertiary/aromatic N) is 1. The number of hydrogen-bond acceptors (Lipinski definition) is 6. The lowest BCUT2D eigenvalue weighted by Gasteiger charge is -2.18. The van der Waals surface area contributed by atoms with Gasteiger partial charge >= 0.3 is 5.97 Å². The van der Waals surface area contributed by atoms with Crippen molar-refractivity contribution in [2.45, 2.75) is 13.8 Å². The van der Waals surface area contributed by atoms with Gasteiger partial charge in [-0.2, -0.15) is 0 Å². The molecule has 0 fully saturated rings. The number of ether oxygens (including phenoxy) is 3. The van der Waals surface area contributed by atoms with E-state index < -0.39 is 18.5 Å². The first kappa shape index (κ1) is 22.7. The van der Waals surface area contributed by atoms with Crippen molar-refractivity contribution in [1.82, 2.24) is 4.90 Å². The highest BCUT2D eigenvalue weighted by Gasteiger charge is 2.20. The van der Waals surface area contributed by atoms with Crippen LogP contribution in [0.3, 0.4) is 0 Å². The lowest BCUT2D eigenvalue weighted by Crippen LogP contribution is -2.37. The standard InChI is InChI=1S/C22H26N2O6/c1-14-9-10-15(2)17(11-14)23-19(25)12-24(3)20(26)13-30-22(27)16-7-6-8-18(28-4)21(16)29-5/h6-11H,12-13H2,1-5H3,(H,23,25). The summed E-state index contributed by atoms with van der Waals surface area (Å²) in [6.07, 6.45) is 0. The molecule has 0 saturated carbocycles. The molecule has 0 saturated heterocycles. The molecule has 2 aromatic rings. The zero-order valence-corrected chi connectivity index (χ0v) is 17.8. The van der Waals surface area contributed by atoms with Crippen LogP contribution in [0.2, 0.25) is 0 Å². The van der Waals surface area contributed by atoms with Crippen LogP contribution < -0.4 is 14.8 Å². The maximum Gasteiger partial charge on any atom is 0.342 e. The fraction of sp³-hybridized carbons (Fsp3) is 0.318. The SMILES string of the molecule is COc1cccc(C(=O)OCC(=O)N(C)CC(=O)Nc2cc(C)ccc2C)c1OC. The molecular formula is C22H26N2O6. The second-order valence-electron chi connectivity index (χ2n) is 6.73. The molecule has 2 rings (SSSR count). The average Bonchev–Trinajstić information content (AvgIpc) is 2.73. The Balaban J connectivity index is 1.92. The maximum atomic E-state index is 12.3. The minimum atomic E-state index is -0.729. The van der Waals surface area contributed by atoms with Gasteiger partial charge in [0.1, 0.15) is 5.56 Å². The summed E-state index contributed by atoms with van der Waals surface area (Å²) in [4.78, 5) is 38.1. The topological polar surface area (TPSA) is 94.2 Å². The molecule has 0 unspecified atom stereocenters. The van der Waals surface area contributed by atoms with Gasteiger partial charge in [0.15, 0.2) is 18.1 Å². The van der Waals surface area contributed by atoms with Crippen LogP contribution >= 0.6 is 0 Å². The van der Waals surface area contributed by atoms with Crippen molar-refractivity contribution < 1.29 is 28.6 Å². The molecule has 8 nitrogen and oxygen atoms in total. The average molecular weight is 414 g/mol. The molecule has 1 N–H and O–H groups in total. The number of likely N-dealkylation sites (N-methyl/N-ethyl adjacent to an activating group) is 1. The quantitative estimate of drug-likeness (QED) is 0.668. The molecular weight excluding hydrogens is 388 g/mol. The third kappa shape index (κ3) is 5.73. The van der Waals surface area contributed by atoms with Crippen LogP contribution in [0.25, 0.3) is 0 Å². The van der Waals surface area contributed by atoms with E-state index in [0.29, 0.717) is 11.4 Å². The first-order valence-electron chi connectivity index (χ1n) is 9.26. The fourth-order valence-electron chi connectivity index (χ4n) is 2.73. The Morgan fingerprint density at radius 1 is 1.03 bits per heavy atom. The highest BCUT2D eigenvalue weighted by Crippen LogP contribution is 2.31. The van der Waals surface area contributed by atoms with Crippen molar-refractivity contribution in [1.29, 1.82) is 0 Å². The van der Waals surface area contributed by atoms with E-state index in [0.717, 1.165) is 11.1 Å². The Kier molecular flexibility index (Phi) is 7.80. The van der Waals surface area contributed by atoms with E-state index in [1.54, 1.807) is 12.1 Å². The van der Waals surface area contributed by atoms with Crippen molar-refractivity contribution in [2.75, 3.05) is 39.7 Å². The third-order valence-corrected chi connectivity index (χ3v) is 4.42. The summed E-state index contributed by atoms with van der Waals surface area (Å²) in [5.41, 5.74) is 2.77. The van der Waals surface area contributed by atoms with Crippen LogP contribution in [0.4, 0.5) is 5.69 Å². The summed E-state index contributed by atoms with van der Waals surface area (Å²) >= 11 is 0. The molecule has 0 spiro atoms. The minimum Gasteiger partial charge on any atom is -0.493 e. The van der Waals surface area contributed by atoms with Crippen molar-refractivity contribution in [3.63, 3.8) is 0 Å². The predicted molar refractivity (Wildman–Crippen MR) is 112 cm³/mol. The monoisotopic (exact) mass is 414 g/mol. The largest absolute Gasteiger partial charge is 0.493 e. The zero-order chi connectivity index (χ0) is 22.3. The predicted octanol–water partition coefficient (Wildman–Crippen LogP) is 2.57. The Morgan fingerprint density at radius 3 is 2.43 bits per heavy atom. The number of rotatable bonds is 8. The maximum absolute atomic E-state index is 12.3. The molecule has 30 heavy (non-hydrogen) atoms. The van der Waals surface area contributed by atoms with Crippen LogP contribution in [-0.4, -0.2) is 57.1 Å². The van der Waals surface area contributed by atoms with E-state index in [4.69, 9.17) is 14.2 Å². The van der Waals surface area contributed by atoms with Gasteiger partial charge in [-0.3, -0.25) is 9.59 Å². The molecule has 0 aliphatic carbocycles. The van der Waals surface area contributed by atoms with E-state index in [9.17, 15) is 14.4 Å². The number of carbonyl (C=O) groups is 3. The number of methoxy groups -OCH3 is 2. The summed E-state index contributed by atoms with van der Waals surface area (Å²) in [6.45, 7) is 3.13. The molecule has 0 aliphatic rings. The molecule has 8 heteroatoms. The summed E-state index contributed by atoms with van der Waals surface area (Å²) in [6, 6.07) is 10.5. The molecule has 0 aromatic heterocycles. The first-order chi connectivity index (χ1) is 14.3. The zero-order valence-electron chi connectivity index (χ0n) is 17.8. The Hall–Kier alpha value is -3.55. The second-order valence-corrected chi connectivity index (χ2v) is 6.73. The highest BCUT2D eigenvalue weighted by atomic mass is 16.5. The van der Waals surface area contributed by atoms with Gasteiger partial charge in [-0.25, -0.2) is 4.79 Å². The second kappa shape index (κ2) is 10.3. The van der Waals surface area contributed by atoms with Crippen molar-refractivity contribution in [2.24, 2.45) is 0 Å². The molecule has 2 aromatic carbocycles. The number of aryl methyl sites for hydroxylation is 2. The first-order valence-corrected chi connectivity index (χ1v) is 9.26. The lowest BCUT2D eigenvalue weighted by molar-refractivity contribution is -0.136. The van der Waals surface area contributed by atoms with Crippen LogP contribution in [0.5, 0.6) is 11.5 Å². The molecule has 0 heterocycles. The van der Waals surface area contributed by atoms with Gasteiger partial charge in [-0.15, -0.1) is 0 Å². The van der Waals surface area contributed by atoms with Gasteiger partial charge in [0.25, 0.3) is 5.91 Å². The van der Waals surface area contributed by atoms with Crippen LogP contribution in [0, 0.1) is 13.8 Å². The number of carbonyl (C=O) groups excluding carboxylic acids is 3. The summed E-state index contributed by atoms with van der Waals surface area (Å²) < 4.78 is 15.4. The Labute approximate surface area is 175 Å². The number of nitrogens with one attached hydrogen (secondary N) is 1. The van der Waals surface area contributed by atoms with Gasteiger partial charge in [-0.1, -0.05) is 18.2 Å². The lowest BCUT2D eigenvalue weighted by atomic mass is 10.1. The minimum absolute atomic E-state index is 0.139. The molecule has 0 radical (unpaired) electrons. The van der Waals surface area contributed by atoms with Gasteiger partial charge in [0.2, 0.25) is 5.91 Å². The number of benzene rings is 2. The van der Waals surface area contributed by atoms with Gasteiger partial charge < -0.3 is 24.4 Å². The number of para-hydroxylation sites is 1. The molecule has 0 bridgehead atoms. The van der Waals surface area contributed by atoms with Gasteiger partial charge in [0, 0.05) is 12.7 Å². The summed E-state index contributed by atoms with van der Waals surface area (Å²) in [5.74, 6) is -0.994. The van der Waals surface area contributed by atoms with E-state index in [-0.39, 0.29) is 23.8 Å². The Bertz CT molecular complexity index is 941. The van der Waals surface area contributed by atoms with Crippen LogP contribution in [0.1, 0.15) is 21.5 Å². The van der Waals surface area contributed by atoms with Crippen molar-refractivity contribution in [3.05, 3.63) is 53.1 Å². The number of hydrogen-bond donors (Lipinski definition) is 1. The molecule has 0 atom stereocenters. The Morgan fingerprint density at radius 2 is 1.77 bits per heavy atom. The van der Waals surface area contributed by atoms with Crippen molar-refractivity contribution >= 4 is 23.5 Å². The number of anilines is 1. The van der Waals surface area contributed by atoms with E-state index in [2.05, 4.69) is 5.32 Å². The summed E-state index contributed by atoms with van der Waals surface area (Å²) in [7, 11) is 4.32. The van der Waals surface area contributed by atoms with E-state index >= 15 is 0 Å². The highest BCUT2D eigenvalue weighted by molar-refractivity contribution is 5.97. The van der Waals surface area contributed by atoms with E-state index in [1.165, 1.54) is 32.2 Å². The molecule has 2 amide bonds. The van der Waals surface area contributed by atoms with Crippen LogP contribution in [0.15, 0.2) is 36.4 Å². The molecule has 160 valence electrons. The molecule has 0 aliphatic heterocycles. The normalized spacial score (nSPS) is 10.2. The number of esters is 1. The number of amides is 2. The third-order valence-electron chi connectivity index (χ3n) is 4.42. The van der Waals surface area contributed by atoms with Gasteiger partial charge in [0.05, 0.1) is 20.8 Å². The van der Waals surface area contributed by atoms with Crippen LogP contribution in [-0.2, 0) is 14.3 Å².